The zero-order valence-electron chi connectivity index (χ0n) is 15.6. The molecule has 0 aliphatic rings. The van der Waals surface area contributed by atoms with E-state index in [1.807, 2.05) is 27.9 Å². The van der Waals surface area contributed by atoms with E-state index in [1.165, 1.54) is 10.6 Å². The number of aromatic nitrogens is 1. The van der Waals surface area contributed by atoms with Gasteiger partial charge < -0.3 is 4.90 Å². The van der Waals surface area contributed by atoms with Crippen LogP contribution in [0.25, 0.3) is 16.6 Å². The van der Waals surface area contributed by atoms with Crippen LogP contribution in [-0.2, 0) is 0 Å². The fraction of sp³-hybridized carbons (Fsp3) is 0.174. The Morgan fingerprint density at radius 1 is 1.08 bits per heavy atom. The molecule has 0 saturated carbocycles. The summed E-state index contributed by atoms with van der Waals surface area (Å²) >= 11 is 1.71. The normalized spacial score (nSPS) is 11.0. The second kappa shape index (κ2) is 8.03. The maximum atomic E-state index is 4.73. The van der Waals surface area contributed by atoms with Crippen LogP contribution in [-0.4, -0.2) is 19.1 Å². The molecule has 0 saturated heterocycles. The van der Waals surface area contributed by atoms with E-state index < -0.39 is 0 Å². The SMILES string of the molecule is C/C(C#Cc1ccc(N(C)C)cc1)=C\c1ccc(-c2cccs2)nc1C. The summed E-state index contributed by atoms with van der Waals surface area (Å²) < 4.78 is 0. The van der Waals surface area contributed by atoms with Crippen LogP contribution in [0.1, 0.15) is 23.7 Å². The van der Waals surface area contributed by atoms with Gasteiger partial charge in [0.25, 0.3) is 0 Å². The molecule has 0 fully saturated rings. The number of rotatable bonds is 3. The number of nitrogens with zero attached hydrogens (tertiary/aromatic N) is 2. The van der Waals surface area contributed by atoms with Gasteiger partial charge in [0.15, 0.2) is 0 Å². The fourth-order valence-corrected chi connectivity index (χ4v) is 3.26. The molecule has 0 aliphatic carbocycles. The number of anilines is 1. The number of pyridine rings is 1. The van der Waals surface area contributed by atoms with Gasteiger partial charge in [-0.2, -0.15) is 0 Å². The Balaban J connectivity index is 1.78. The molecule has 0 N–H and O–H groups in total. The van der Waals surface area contributed by atoms with Gasteiger partial charge in [-0.3, -0.25) is 4.98 Å². The summed E-state index contributed by atoms with van der Waals surface area (Å²) in [7, 11) is 4.07. The van der Waals surface area contributed by atoms with E-state index in [0.717, 1.165) is 28.1 Å². The average molecular weight is 359 g/mol. The molecule has 0 spiro atoms. The molecule has 0 amide bonds. The van der Waals surface area contributed by atoms with Crippen LogP contribution in [0.4, 0.5) is 5.69 Å². The van der Waals surface area contributed by atoms with Gasteiger partial charge in [-0.05, 0) is 72.8 Å². The maximum absolute atomic E-state index is 4.73. The van der Waals surface area contributed by atoms with Gasteiger partial charge in [-0.15, -0.1) is 11.3 Å². The van der Waals surface area contributed by atoms with Crippen LogP contribution in [0.5, 0.6) is 0 Å². The first kappa shape index (κ1) is 18.0. The predicted molar refractivity (Wildman–Crippen MR) is 114 cm³/mol. The van der Waals surface area contributed by atoms with Crippen molar-refractivity contribution in [3.8, 4) is 22.4 Å². The minimum atomic E-state index is 1.02. The number of benzene rings is 1. The first-order valence-electron chi connectivity index (χ1n) is 8.52. The molecule has 0 atom stereocenters. The van der Waals surface area contributed by atoms with Gasteiger partial charge in [-0.1, -0.05) is 24.0 Å². The topological polar surface area (TPSA) is 16.1 Å². The van der Waals surface area contributed by atoms with E-state index >= 15 is 0 Å². The van der Waals surface area contributed by atoms with E-state index in [0.29, 0.717) is 0 Å². The molecule has 0 aliphatic heterocycles. The van der Waals surface area contributed by atoms with Crippen LogP contribution in [0.3, 0.4) is 0 Å². The van der Waals surface area contributed by atoms with Crippen molar-refractivity contribution in [2.45, 2.75) is 13.8 Å². The maximum Gasteiger partial charge on any atom is 0.0805 e. The van der Waals surface area contributed by atoms with Gasteiger partial charge in [0.1, 0.15) is 0 Å². The highest BCUT2D eigenvalue weighted by atomic mass is 32.1. The molecule has 3 rings (SSSR count). The molecule has 26 heavy (non-hydrogen) atoms. The average Bonchev–Trinajstić information content (AvgIpc) is 3.17. The molecule has 1 aromatic carbocycles. The minimum absolute atomic E-state index is 1.02. The van der Waals surface area contributed by atoms with Crippen molar-refractivity contribution in [3.63, 3.8) is 0 Å². The second-order valence-electron chi connectivity index (χ2n) is 6.37. The highest BCUT2D eigenvalue weighted by Crippen LogP contribution is 2.24. The summed E-state index contributed by atoms with van der Waals surface area (Å²) in [6.07, 6.45) is 2.10. The number of hydrogen-bond acceptors (Lipinski definition) is 3. The van der Waals surface area contributed by atoms with Crippen LogP contribution >= 0.6 is 11.3 Å². The zero-order chi connectivity index (χ0) is 18.5. The van der Waals surface area contributed by atoms with Crippen molar-refractivity contribution >= 4 is 23.1 Å². The molecular formula is C23H22N2S. The summed E-state index contributed by atoms with van der Waals surface area (Å²) in [6, 6.07) is 16.6. The second-order valence-corrected chi connectivity index (χ2v) is 7.31. The Morgan fingerprint density at radius 2 is 1.85 bits per heavy atom. The van der Waals surface area contributed by atoms with Crippen molar-refractivity contribution in [1.29, 1.82) is 0 Å². The highest BCUT2D eigenvalue weighted by molar-refractivity contribution is 7.13. The summed E-state index contributed by atoms with van der Waals surface area (Å²) in [4.78, 5) is 8.00. The highest BCUT2D eigenvalue weighted by Gasteiger charge is 2.03. The van der Waals surface area contributed by atoms with Crippen molar-refractivity contribution in [2.75, 3.05) is 19.0 Å². The third kappa shape index (κ3) is 4.41. The third-order valence-corrected chi connectivity index (χ3v) is 4.95. The first-order valence-corrected chi connectivity index (χ1v) is 9.40. The first-order chi connectivity index (χ1) is 12.5. The van der Waals surface area contributed by atoms with Crippen LogP contribution in [0.2, 0.25) is 0 Å². The van der Waals surface area contributed by atoms with E-state index in [2.05, 4.69) is 76.7 Å². The smallest absolute Gasteiger partial charge is 0.0805 e. The van der Waals surface area contributed by atoms with Gasteiger partial charge in [-0.25, -0.2) is 0 Å². The third-order valence-electron chi connectivity index (χ3n) is 4.06. The molecule has 2 nitrogen and oxygen atoms in total. The molecule has 2 aromatic heterocycles. The Bertz CT molecular complexity index is 969. The fourth-order valence-electron chi connectivity index (χ4n) is 2.57. The summed E-state index contributed by atoms with van der Waals surface area (Å²) in [5, 5.41) is 2.07. The number of allylic oxidation sites excluding steroid dienone is 1. The lowest BCUT2D eigenvalue weighted by atomic mass is 10.1. The van der Waals surface area contributed by atoms with Gasteiger partial charge in [0.05, 0.1) is 10.6 Å². The number of thiophene rings is 1. The predicted octanol–water partition coefficient (Wildman–Crippen LogP) is 5.64. The van der Waals surface area contributed by atoms with E-state index in [-0.39, 0.29) is 0 Å². The Kier molecular flexibility index (Phi) is 5.55. The molecule has 130 valence electrons. The lowest BCUT2D eigenvalue weighted by Crippen LogP contribution is -2.07. The zero-order valence-corrected chi connectivity index (χ0v) is 16.4. The molecule has 2 heterocycles. The van der Waals surface area contributed by atoms with Gasteiger partial charge in [0.2, 0.25) is 0 Å². The van der Waals surface area contributed by atoms with Crippen molar-refractivity contribution < 1.29 is 0 Å². The van der Waals surface area contributed by atoms with Crippen LogP contribution < -0.4 is 4.90 Å². The minimum Gasteiger partial charge on any atom is -0.378 e. The molecule has 0 radical (unpaired) electrons. The quantitative estimate of drug-likeness (QED) is 0.563. The Hall–Kier alpha value is -2.83. The summed E-state index contributed by atoms with van der Waals surface area (Å²) in [6.45, 7) is 4.08. The largest absolute Gasteiger partial charge is 0.378 e. The number of hydrogen-bond donors (Lipinski definition) is 0. The van der Waals surface area contributed by atoms with Crippen LogP contribution in [0, 0.1) is 18.8 Å². The molecule has 3 aromatic rings. The lowest BCUT2D eigenvalue weighted by Gasteiger charge is -2.11. The van der Waals surface area contributed by atoms with Crippen molar-refractivity contribution in [2.24, 2.45) is 0 Å². The molecule has 0 bridgehead atoms. The van der Waals surface area contributed by atoms with E-state index in [4.69, 9.17) is 4.98 Å². The molecule has 0 unspecified atom stereocenters. The van der Waals surface area contributed by atoms with Crippen LogP contribution in [0.15, 0.2) is 59.5 Å². The molecule has 3 heteroatoms. The van der Waals surface area contributed by atoms with Gasteiger partial charge in [0, 0.05) is 31.0 Å². The Morgan fingerprint density at radius 3 is 2.46 bits per heavy atom. The van der Waals surface area contributed by atoms with E-state index in [1.54, 1.807) is 11.3 Å². The lowest BCUT2D eigenvalue weighted by molar-refractivity contribution is 1.13. The van der Waals surface area contributed by atoms with Gasteiger partial charge >= 0.3 is 0 Å². The Labute approximate surface area is 159 Å². The monoisotopic (exact) mass is 358 g/mol. The molecular weight excluding hydrogens is 336 g/mol. The summed E-state index contributed by atoms with van der Waals surface area (Å²) in [5.74, 6) is 6.47. The van der Waals surface area contributed by atoms with Crippen molar-refractivity contribution in [1.82, 2.24) is 4.98 Å². The summed E-state index contributed by atoms with van der Waals surface area (Å²) in [5.41, 5.74) is 6.38. The van der Waals surface area contributed by atoms with E-state index in [9.17, 15) is 0 Å². The standard InChI is InChI=1S/C23H22N2S/c1-17(7-8-19-9-12-21(13-10-19)25(3)4)16-20-11-14-22(24-18(20)2)23-6-5-15-26-23/h5-6,9-16H,1-4H3/b17-16+. The van der Waals surface area contributed by atoms with Crippen molar-refractivity contribution in [3.05, 3.63) is 76.3 Å². The number of aryl methyl sites for hydroxylation is 1.